The third-order valence-corrected chi connectivity index (χ3v) is 3.15. The summed E-state index contributed by atoms with van der Waals surface area (Å²) in [5, 5.41) is 8.86. The van der Waals surface area contributed by atoms with Gasteiger partial charge in [-0.05, 0) is 45.8 Å². The van der Waals surface area contributed by atoms with Crippen LogP contribution in [0.1, 0.15) is 17.9 Å². The van der Waals surface area contributed by atoms with Crippen LogP contribution in [-0.2, 0) is 0 Å². The van der Waals surface area contributed by atoms with E-state index in [9.17, 15) is 4.39 Å². The molecule has 0 aliphatic heterocycles. The molecule has 70 valence electrons. The highest BCUT2D eigenvalue weighted by Gasteiger charge is 2.39. The van der Waals surface area contributed by atoms with Crippen molar-refractivity contribution in [2.45, 2.75) is 12.3 Å². The fraction of sp³-hybridized carbons (Fsp3) is 0.400. The summed E-state index contributed by atoms with van der Waals surface area (Å²) < 4.78 is 14.0. The van der Waals surface area contributed by atoms with Gasteiger partial charge in [0, 0.05) is 6.61 Å². The van der Waals surface area contributed by atoms with Gasteiger partial charge in [-0.25, -0.2) is 4.39 Å². The van der Waals surface area contributed by atoms with Crippen LogP contribution < -0.4 is 0 Å². The highest BCUT2D eigenvalue weighted by Crippen LogP contribution is 2.48. The molecule has 1 saturated carbocycles. The molecule has 1 aromatic carbocycles. The maximum absolute atomic E-state index is 13.5. The van der Waals surface area contributed by atoms with E-state index < -0.39 is 0 Å². The molecular formula is C10H10BrFO. The molecule has 1 aliphatic carbocycles. The van der Waals surface area contributed by atoms with E-state index >= 15 is 0 Å². The van der Waals surface area contributed by atoms with E-state index in [0.29, 0.717) is 4.47 Å². The van der Waals surface area contributed by atoms with Crippen molar-refractivity contribution < 1.29 is 9.50 Å². The average molecular weight is 245 g/mol. The minimum absolute atomic E-state index is 0.163. The summed E-state index contributed by atoms with van der Waals surface area (Å²) in [6, 6.07) is 5.31. The third kappa shape index (κ3) is 1.63. The monoisotopic (exact) mass is 244 g/mol. The van der Waals surface area contributed by atoms with Crippen LogP contribution in [-0.4, -0.2) is 11.7 Å². The molecule has 0 aromatic heterocycles. The van der Waals surface area contributed by atoms with Crippen LogP contribution >= 0.6 is 15.9 Å². The van der Waals surface area contributed by atoms with Gasteiger partial charge < -0.3 is 5.11 Å². The summed E-state index contributed by atoms with van der Waals surface area (Å²) in [5.41, 5.74) is 0.730. The largest absolute Gasteiger partial charge is 0.396 e. The van der Waals surface area contributed by atoms with Gasteiger partial charge in [0.15, 0.2) is 0 Å². The molecule has 0 bridgehead atoms. The lowest BCUT2D eigenvalue weighted by molar-refractivity contribution is 0.273. The van der Waals surface area contributed by atoms with Gasteiger partial charge in [-0.1, -0.05) is 12.1 Å². The van der Waals surface area contributed by atoms with E-state index in [1.54, 1.807) is 12.1 Å². The zero-order chi connectivity index (χ0) is 9.42. The normalized spacial score (nSPS) is 26.1. The van der Waals surface area contributed by atoms with Crippen LogP contribution in [0.2, 0.25) is 0 Å². The Kier molecular flexibility index (Phi) is 2.39. The van der Waals surface area contributed by atoms with E-state index in [-0.39, 0.29) is 24.3 Å². The first-order valence-electron chi connectivity index (χ1n) is 4.28. The minimum Gasteiger partial charge on any atom is -0.396 e. The van der Waals surface area contributed by atoms with Gasteiger partial charge in [0.2, 0.25) is 0 Å². The Morgan fingerprint density at radius 2 is 2.31 bits per heavy atom. The number of aliphatic hydroxyl groups excluding tert-OH is 1. The van der Waals surface area contributed by atoms with Crippen LogP contribution in [0.25, 0.3) is 0 Å². The molecule has 0 heterocycles. The SMILES string of the molecule is OCC1CC1c1cccc(Br)c1F. The summed E-state index contributed by atoms with van der Waals surface area (Å²) in [5.74, 6) is 0.315. The van der Waals surface area contributed by atoms with Crippen molar-refractivity contribution in [2.24, 2.45) is 5.92 Å². The van der Waals surface area contributed by atoms with Crippen LogP contribution in [0.4, 0.5) is 4.39 Å². The van der Waals surface area contributed by atoms with E-state index in [1.807, 2.05) is 6.07 Å². The van der Waals surface area contributed by atoms with Gasteiger partial charge in [-0.15, -0.1) is 0 Å². The summed E-state index contributed by atoms with van der Waals surface area (Å²) in [7, 11) is 0. The zero-order valence-electron chi connectivity index (χ0n) is 7.00. The first-order chi connectivity index (χ1) is 6.24. The Morgan fingerprint density at radius 1 is 1.54 bits per heavy atom. The van der Waals surface area contributed by atoms with E-state index in [4.69, 9.17) is 5.11 Å². The van der Waals surface area contributed by atoms with Crippen molar-refractivity contribution in [1.82, 2.24) is 0 Å². The second-order valence-corrected chi connectivity index (χ2v) is 4.28. The summed E-state index contributed by atoms with van der Waals surface area (Å²) >= 11 is 3.15. The van der Waals surface area contributed by atoms with Gasteiger partial charge >= 0.3 is 0 Å². The third-order valence-electron chi connectivity index (χ3n) is 2.54. The highest BCUT2D eigenvalue weighted by atomic mass is 79.9. The molecule has 2 unspecified atom stereocenters. The van der Waals surface area contributed by atoms with Crippen molar-refractivity contribution in [2.75, 3.05) is 6.61 Å². The molecule has 13 heavy (non-hydrogen) atoms. The second kappa shape index (κ2) is 3.39. The molecular weight excluding hydrogens is 235 g/mol. The van der Waals surface area contributed by atoms with Gasteiger partial charge in [-0.2, -0.15) is 0 Å². The number of halogens is 2. The van der Waals surface area contributed by atoms with Crippen LogP contribution in [0.15, 0.2) is 22.7 Å². The average Bonchev–Trinajstić information content (AvgIpc) is 2.89. The fourth-order valence-corrected chi connectivity index (χ4v) is 2.02. The summed E-state index contributed by atoms with van der Waals surface area (Å²) in [4.78, 5) is 0. The van der Waals surface area contributed by atoms with Crippen molar-refractivity contribution in [1.29, 1.82) is 0 Å². The standard InChI is InChI=1S/C10H10BrFO/c11-9-3-1-2-7(10(9)12)8-4-6(8)5-13/h1-3,6,8,13H,4-5H2. The Bertz CT molecular complexity index is 327. The van der Waals surface area contributed by atoms with Crippen LogP contribution in [0, 0.1) is 11.7 Å². The lowest BCUT2D eigenvalue weighted by Crippen LogP contribution is -1.92. The Labute approximate surface area is 84.7 Å². The molecule has 1 nitrogen and oxygen atoms in total. The first kappa shape index (κ1) is 9.16. The number of hydrogen-bond acceptors (Lipinski definition) is 1. The fourth-order valence-electron chi connectivity index (χ4n) is 1.64. The van der Waals surface area contributed by atoms with E-state index in [1.165, 1.54) is 0 Å². The Balaban J connectivity index is 2.27. The molecule has 2 atom stereocenters. The lowest BCUT2D eigenvalue weighted by Gasteiger charge is -2.02. The number of hydrogen-bond donors (Lipinski definition) is 1. The smallest absolute Gasteiger partial charge is 0.140 e. The zero-order valence-corrected chi connectivity index (χ0v) is 8.59. The number of benzene rings is 1. The van der Waals surface area contributed by atoms with Gasteiger partial charge in [-0.3, -0.25) is 0 Å². The van der Waals surface area contributed by atoms with Crippen molar-refractivity contribution in [3.05, 3.63) is 34.1 Å². The highest BCUT2D eigenvalue weighted by molar-refractivity contribution is 9.10. The topological polar surface area (TPSA) is 20.2 Å². The van der Waals surface area contributed by atoms with Crippen molar-refractivity contribution >= 4 is 15.9 Å². The first-order valence-corrected chi connectivity index (χ1v) is 5.08. The van der Waals surface area contributed by atoms with Gasteiger partial charge in [0.05, 0.1) is 4.47 Å². The maximum Gasteiger partial charge on any atom is 0.140 e. The molecule has 3 heteroatoms. The molecule has 2 rings (SSSR count). The molecule has 1 fully saturated rings. The minimum atomic E-state index is -0.177. The number of rotatable bonds is 2. The maximum atomic E-state index is 13.5. The predicted octanol–water partition coefficient (Wildman–Crippen LogP) is 2.68. The number of aliphatic hydroxyl groups is 1. The molecule has 1 aliphatic rings. The van der Waals surface area contributed by atoms with E-state index in [2.05, 4.69) is 15.9 Å². The molecule has 0 amide bonds. The van der Waals surface area contributed by atoms with Crippen molar-refractivity contribution in [3.63, 3.8) is 0 Å². The van der Waals surface area contributed by atoms with Crippen molar-refractivity contribution in [3.8, 4) is 0 Å². The Morgan fingerprint density at radius 3 is 2.92 bits per heavy atom. The predicted molar refractivity (Wildman–Crippen MR) is 52.0 cm³/mol. The quantitative estimate of drug-likeness (QED) is 0.849. The second-order valence-electron chi connectivity index (χ2n) is 3.43. The van der Waals surface area contributed by atoms with E-state index in [0.717, 1.165) is 12.0 Å². The van der Waals surface area contributed by atoms with Gasteiger partial charge in [0.1, 0.15) is 5.82 Å². The molecule has 1 N–H and O–H groups in total. The lowest BCUT2D eigenvalue weighted by atomic mass is 10.1. The molecule has 0 spiro atoms. The Hall–Kier alpha value is -0.410. The molecule has 0 saturated heterocycles. The van der Waals surface area contributed by atoms with Gasteiger partial charge in [0.25, 0.3) is 0 Å². The molecule has 0 radical (unpaired) electrons. The summed E-state index contributed by atoms with van der Waals surface area (Å²) in [6.45, 7) is 0.163. The van der Waals surface area contributed by atoms with Crippen LogP contribution in [0.3, 0.4) is 0 Å². The molecule has 1 aromatic rings. The summed E-state index contributed by atoms with van der Waals surface area (Å²) in [6.07, 6.45) is 0.907. The van der Waals surface area contributed by atoms with Crippen LogP contribution in [0.5, 0.6) is 0 Å².